The lowest BCUT2D eigenvalue weighted by Gasteiger charge is -2.50. The smallest absolute Gasteiger partial charge is 0.423 e. The minimum atomic E-state index is -2.18. The van der Waals surface area contributed by atoms with Gasteiger partial charge >= 0.3 is 6.09 Å². The number of phenols is 1. The molecule has 1 saturated carbocycles. The van der Waals surface area contributed by atoms with E-state index in [0.29, 0.717) is 16.0 Å². The Bertz CT molecular complexity index is 1670. The zero-order valence-corrected chi connectivity index (χ0v) is 25.6. The number of imide groups is 4. The highest BCUT2D eigenvalue weighted by Gasteiger charge is 2.76. The summed E-state index contributed by atoms with van der Waals surface area (Å²) >= 11 is 17.8. The van der Waals surface area contributed by atoms with Gasteiger partial charge < -0.3 is 14.6 Å². The number of carbonyl (C=O) groups is 5. The van der Waals surface area contributed by atoms with Gasteiger partial charge in [-0.05, 0) is 76.7 Å². The Kier molecular flexibility index (Phi) is 6.90. The minimum absolute atomic E-state index is 0.0253. The lowest BCUT2D eigenvalue weighted by molar-refractivity contribution is -0.138. The zero-order chi connectivity index (χ0) is 31.2. The Labute approximate surface area is 262 Å². The largest absolute Gasteiger partial charge is 0.503 e. The number of allylic oxidation sites excluding steroid dienone is 2. The number of hydrogen-bond acceptors (Lipinski definition) is 8. The number of ether oxygens (including phenoxy) is 2. The minimum Gasteiger partial charge on any atom is -0.503 e. The topological polar surface area (TPSA) is 131 Å². The van der Waals surface area contributed by atoms with E-state index in [-0.39, 0.29) is 34.5 Å². The molecule has 43 heavy (non-hydrogen) atoms. The number of amides is 5. The summed E-state index contributed by atoms with van der Waals surface area (Å²) in [4.78, 5) is 64.7. The van der Waals surface area contributed by atoms with E-state index in [1.54, 1.807) is 6.08 Å². The van der Waals surface area contributed by atoms with E-state index >= 15 is 0 Å². The van der Waals surface area contributed by atoms with Crippen molar-refractivity contribution in [3.8, 4) is 11.5 Å². The van der Waals surface area contributed by atoms with Crippen molar-refractivity contribution < 1.29 is 42.9 Å². The first-order valence-electron chi connectivity index (χ1n) is 13.1. The van der Waals surface area contributed by atoms with E-state index in [1.807, 2.05) is 0 Å². The lowest BCUT2D eigenvalue weighted by atomic mass is 9.56. The van der Waals surface area contributed by atoms with E-state index in [4.69, 9.17) is 27.9 Å². The molecule has 0 spiro atoms. The third kappa shape index (κ3) is 3.85. The van der Waals surface area contributed by atoms with Gasteiger partial charge in [0.05, 0.1) is 36.2 Å². The molecule has 2 heterocycles. The molecule has 224 valence electrons. The van der Waals surface area contributed by atoms with Crippen LogP contribution in [-0.4, -0.2) is 63.7 Å². The van der Waals surface area contributed by atoms with Crippen LogP contribution in [0.15, 0.2) is 52.5 Å². The Balaban J connectivity index is 1.58. The lowest BCUT2D eigenvalue weighted by Crippen LogP contribution is -2.60. The summed E-state index contributed by atoms with van der Waals surface area (Å²) in [7, 11) is 2.37. The van der Waals surface area contributed by atoms with Crippen molar-refractivity contribution in [1.82, 2.24) is 4.90 Å². The summed E-state index contributed by atoms with van der Waals surface area (Å²) in [6.45, 7) is 0. The van der Waals surface area contributed by atoms with Crippen molar-refractivity contribution >= 4 is 74.5 Å². The van der Waals surface area contributed by atoms with E-state index in [2.05, 4.69) is 20.7 Å². The van der Waals surface area contributed by atoms with Crippen molar-refractivity contribution in [2.24, 2.45) is 17.8 Å². The predicted octanol–water partition coefficient (Wildman–Crippen LogP) is 4.63. The first-order chi connectivity index (χ1) is 20.3. The number of aromatic hydroxyl groups is 1. The van der Waals surface area contributed by atoms with E-state index in [9.17, 15) is 33.5 Å². The quantitative estimate of drug-likeness (QED) is 0.280. The van der Waals surface area contributed by atoms with E-state index < -0.39 is 69.0 Å². The summed E-state index contributed by atoms with van der Waals surface area (Å²) in [5, 5.41) is 10.5. The summed E-state index contributed by atoms with van der Waals surface area (Å²) in [5.41, 5.74) is 0.815. The van der Waals surface area contributed by atoms with Gasteiger partial charge in [-0.2, -0.15) is 4.90 Å². The molecule has 5 amide bonds. The number of likely N-dealkylation sites (tertiary alicyclic amines) is 1. The van der Waals surface area contributed by atoms with Crippen LogP contribution in [0.1, 0.15) is 24.3 Å². The number of halogens is 4. The summed E-state index contributed by atoms with van der Waals surface area (Å²) in [5.74, 6) is -8.23. The number of fused-ring (bicyclic) bond motifs is 4. The number of methoxy groups -OCH3 is 2. The molecule has 14 heteroatoms. The maximum Gasteiger partial charge on any atom is 0.423 e. The summed E-state index contributed by atoms with van der Waals surface area (Å²) in [6.07, 6.45) is 0.267. The first kappa shape index (κ1) is 29.6. The highest BCUT2D eigenvalue weighted by molar-refractivity contribution is 9.10. The number of alkyl halides is 2. The first-order valence-corrected chi connectivity index (χ1v) is 14.6. The highest BCUT2D eigenvalue weighted by atomic mass is 79.9. The number of hydrogen-bond donors (Lipinski definition) is 1. The summed E-state index contributed by atoms with van der Waals surface area (Å²) < 4.78 is 24.0. The van der Waals surface area contributed by atoms with Crippen molar-refractivity contribution in [2.75, 3.05) is 19.1 Å². The fourth-order valence-electron chi connectivity index (χ4n) is 6.96. The Hall–Kier alpha value is -3.48. The standard InChI is InChI=1S/C29H22BrCl2FN2O8/c1-42-19-10-12(9-18(30)22(19)36)21-15-7-8-16-20(24(38)35(23(16)37)27(41)43-2)17(15)11-28(31)25(39)34(26(40)29(21,28)32)14-5-3-13(33)4-6-14/h3-7,9-10,16-17,20-21,36H,8,11H2,1-2H3. The fourth-order valence-corrected chi connectivity index (χ4v) is 8.35. The fraction of sp³-hybridized carbons (Fsp3) is 0.345. The average Bonchev–Trinajstić information content (AvgIpc) is 3.32. The molecule has 2 aliphatic heterocycles. The molecule has 2 aliphatic carbocycles. The number of benzene rings is 2. The van der Waals surface area contributed by atoms with Crippen molar-refractivity contribution in [3.05, 3.63) is 63.9 Å². The van der Waals surface area contributed by atoms with Crippen LogP contribution in [0.4, 0.5) is 14.9 Å². The van der Waals surface area contributed by atoms with Crippen LogP contribution < -0.4 is 9.64 Å². The number of rotatable bonds is 3. The maximum absolute atomic E-state index is 14.3. The Morgan fingerprint density at radius 3 is 2.35 bits per heavy atom. The van der Waals surface area contributed by atoms with Crippen molar-refractivity contribution in [2.45, 2.75) is 28.5 Å². The van der Waals surface area contributed by atoms with Crippen LogP contribution in [-0.2, 0) is 23.9 Å². The van der Waals surface area contributed by atoms with Gasteiger partial charge in [-0.3, -0.25) is 19.2 Å². The molecule has 10 nitrogen and oxygen atoms in total. The van der Waals surface area contributed by atoms with Crippen LogP contribution in [0.3, 0.4) is 0 Å². The van der Waals surface area contributed by atoms with Gasteiger partial charge in [0.15, 0.2) is 21.2 Å². The van der Waals surface area contributed by atoms with Gasteiger partial charge in [0.2, 0.25) is 11.8 Å². The number of carbonyl (C=O) groups excluding carboxylic acids is 5. The van der Waals surface area contributed by atoms with Crippen LogP contribution in [0.25, 0.3) is 0 Å². The number of phenolic OH excluding ortho intramolecular Hbond substituents is 1. The molecule has 6 atom stereocenters. The maximum atomic E-state index is 14.3. The average molecular weight is 696 g/mol. The van der Waals surface area contributed by atoms with Crippen LogP contribution >= 0.6 is 39.1 Å². The molecule has 0 radical (unpaired) electrons. The molecule has 2 saturated heterocycles. The third-order valence-corrected chi connectivity index (χ3v) is 10.9. The molecule has 1 N–H and O–H groups in total. The van der Waals surface area contributed by atoms with Gasteiger partial charge in [-0.1, -0.05) is 11.6 Å². The van der Waals surface area contributed by atoms with Crippen molar-refractivity contribution in [3.63, 3.8) is 0 Å². The molecule has 0 aromatic heterocycles. The van der Waals surface area contributed by atoms with E-state index in [1.165, 1.54) is 31.4 Å². The van der Waals surface area contributed by atoms with Crippen LogP contribution in [0.2, 0.25) is 0 Å². The van der Waals surface area contributed by atoms with Crippen LogP contribution in [0.5, 0.6) is 11.5 Å². The molecular formula is C29H22BrCl2FN2O8. The molecule has 4 aliphatic rings. The number of nitrogens with zero attached hydrogens (tertiary/aromatic N) is 2. The molecule has 6 unspecified atom stereocenters. The molecule has 3 fully saturated rings. The van der Waals surface area contributed by atoms with Gasteiger partial charge in [-0.25, -0.2) is 14.1 Å². The molecular weight excluding hydrogens is 674 g/mol. The Morgan fingerprint density at radius 1 is 1.05 bits per heavy atom. The zero-order valence-electron chi connectivity index (χ0n) is 22.5. The van der Waals surface area contributed by atoms with Crippen molar-refractivity contribution in [1.29, 1.82) is 0 Å². The van der Waals surface area contributed by atoms with Gasteiger partial charge in [0.25, 0.3) is 11.8 Å². The van der Waals surface area contributed by atoms with Gasteiger partial charge in [0, 0.05) is 5.92 Å². The number of anilines is 1. The molecule has 6 rings (SSSR count). The molecule has 0 bridgehead atoms. The summed E-state index contributed by atoms with van der Waals surface area (Å²) in [6, 6.07) is 7.59. The monoisotopic (exact) mass is 694 g/mol. The SMILES string of the molecule is COC(=O)N1C(=O)C2CC=C3C(CC4(Cl)C(=O)N(c5ccc(F)cc5)C(=O)C4(Cl)C3c3cc(Br)c(O)c(OC)c3)C2C1=O. The van der Waals surface area contributed by atoms with Gasteiger partial charge in [-0.15, -0.1) is 23.2 Å². The van der Waals surface area contributed by atoms with Gasteiger partial charge in [0.1, 0.15) is 5.82 Å². The Morgan fingerprint density at radius 2 is 1.72 bits per heavy atom. The highest BCUT2D eigenvalue weighted by Crippen LogP contribution is 2.66. The molecule has 2 aromatic rings. The second-order valence-corrected chi connectivity index (χ2v) is 12.9. The molecule has 2 aromatic carbocycles. The normalized spacial score (nSPS) is 31.4. The predicted molar refractivity (Wildman–Crippen MR) is 153 cm³/mol. The van der Waals surface area contributed by atoms with Crippen LogP contribution in [0, 0.1) is 23.6 Å². The second kappa shape index (κ2) is 10.0. The van der Waals surface area contributed by atoms with E-state index in [0.717, 1.165) is 24.1 Å². The second-order valence-electron chi connectivity index (χ2n) is 10.8. The third-order valence-electron chi connectivity index (χ3n) is 8.86.